The largest absolute Gasteiger partial charge is 0.497 e. The third-order valence-electron chi connectivity index (χ3n) is 3.42. The lowest BCUT2D eigenvalue weighted by Gasteiger charge is -2.08. The van der Waals surface area contributed by atoms with Crippen LogP contribution in [0.25, 0.3) is 0 Å². The first-order chi connectivity index (χ1) is 12.2. The van der Waals surface area contributed by atoms with Gasteiger partial charge in [-0.05, 0) is 35.7 Å². The molecule has 128 valence electrons. The van der Waals surface area contributed by atoms with E-state index in [-0.39, 0.29) is 11.8 Å². The van der Waals surface area contributed by atoms with E-state index in [2.05, 4.69) is 10.6 Å². The third kappa shape index (κ3) is 4.46. The summed E-state index contributed by atoms with van der Waals surface area (Å²) in [7, 11) is 1.57. The fourth-order valence-electron chi connectivity index (χ4n) is 2.17. The molecule has 0 saturated heterocycles. The summed E-state index contributed by atoms with van der Waals surface area (Å²) in [4.78, 5) is 25.8. The molecule has 0 fully saturated rings. The average Bonchev–Trinajstić information content (AvgIpc) is 3.31. The highest BCUT2D eigenvalue weighted by Gasteiger charge is 2.12. The maximum atomic E-state index is 12.3. The van der Waals surface area contributed by atoms with E-state index in [0.29, 0.717) is 28.4 Å². The number of methoxy groups -OCH3 is 1. The van der Waals surface area contributed by atoms with Gasteiger partial charge in [-0.25, -0.2) is 4.79 Å². The van der Waals surface area contributed by atoms with Crippen LogP contribution in [-0.2, 0) is 6.54 Å². The molecule has 0 aliphatic heterocycles. The van der Waals surface area contributed by atoms with Crippen molar-refractivity contribution in [3.05, 3.63) is 68.5 Å². The van der Waals surface area contributed by atoms with E-state index < -0.39 is 0 Å². The highest BCUT2D eigenvalue weighted by molar-refractivity contribution is 7.14. The van der Waals surface area contributed by atoms with Crippen molar-refractivity contribution in [1.29, 1.82) is 0 Å². The molecule has 1 aromatic carbocycles. The van der Waals surface area contributed by atoms with Crippen molar-refractivity contribution < 1.29 is 14.3 Å². The summed E-state index contributed by atoms with van der Waals surface area (Å²) in [6.07, 6.45) is 0. The molecule has 0 unspecified atom stereocenters. The number of nitrogens with one attached hydrogen (secondary N) is 2. The van der Waals surface area contributed by atoms with E-state index in [1.807, 2.05) is 22.9 Å². The molecule has 0 bridgehead atoms. The number of ketones is 1. The Kier molecular flexibility index (Phi) is 5.47. The molecule has 0 atom stereocenters. The molecule has 0 spiro atoms. The number of rotatable bonds is 6. The number of carbonyl (C=O) groups is 2. The lowest BCUT2D eigenvalue weighted by atomic mass is 10.2. The Morgan fingerprint density at radius 1 is 1.16 bits per heavy atom. The fourth-order valence-corrected chi connectivity index (χ4v) is 3.72. The van der Waals surface area contributed by atoms with E-state index in [0.717, 1.165) is 4.88 Å². The van der Waals surface area contributed by atoms with Crippen LogP contribution in [0.5, 0.6) is 5.75 Å². The van der Waals surface area contributed by atoms with Crippen LogP contribution in [0.4, 0.5) is 10.5 Å². The number of thiophene rings is 2. The maximum Gasteiger partial charge on any atom is 0.319 e. The number of urea groups is 1. The van der Waals surface area contributed by atoms with Crippen LogP contribution in [0.3, 0.4) is 0 Å². The highest BCUT2D eigenvalue weighted by Crippen LogP contribution is 2.21. The summed E-state index contributed by atoms with van der Waals surface area (Å²) in [5, 5.41) is 9.25. The topological polar surface area (TPSA) is 67.4 Å². The molecule has 3 aromatic rings. The predicted molar refractivity (Wildman–Crippen MR) is 101 cm³/mol. The van der Waals surface area contributed by atoms with Crippen molar-refractivity contribution in [2.75, 3.05) is 12.4 Å². The second kappa shape index (κ2) is 7.96. The lowest BCUT2D eigenvalue weighted by molar-refractivity contribution is 0.104. The Morgan fingerprint density at radius 3 is 2.80 bits per heavy atom. The van der Waals surface area contributed by atoms with Gasteiger partial charge in [-0.2, -0.15) is 11.3 Å². The lowest BCUT2D eigenvalue weighted by Crippen LogP contribution is -2.27. The van der Waals surface area contributed by atoms with Gasteiger partial charge in [-0.3, -0.25) is 4.79 Å². The van der Waals surface area contributed by atoms with E-state index >= 15 is 0 Å². The number of hydrogen-bond donors (Lipinski definition) is 2. The summed E-state index contributed by atoms with van der Waals surface area (Å²) in [6.45, 7) is 0.359. The number of benzene rings is 1. The second-order valence-electron chi connectivity index (χ2n) is 5.15. The number of carbonyl (C=O) groups excluding carboxylic acids is 2. The molecular weight excluding hydrogens is 356 g/mol. The number of ether oxygens (including phenoxy) is 1. The highest BCUT2D eigenvalue weighted by atomic mass is 32.1. The van der Waals surface area contributed by atoms with Crippen LogP contribution in [0.2, 0.25) is 0 Å². The molecule has 2 N–H and O–H groups in total. The van der Waals surface area contributed by atoms with E-state index in [4.69, 9.17) is 4.74 Å². The third-order valence-corrected chi connectivity index (χ3v) is 5.19. The van der Waals surface area contributed by atoms with Crippen molar-refractivity contribution in [2.24, 2.45) is 0 Å². The standard InChI is InChI=1S/C18H16N2O3S2/c1-23-14-4-2-3-13(9-14)20-18(22)19-10-15-5-6-16(25-15)17(21)12-7-8-24-11-12/h2-9,11H,10H2,1H3,(H2,19,20,22). The van der Waals surface area contributed by atoms with Gasteiger partial charge < -0.3 is 15.4 Å². The van der Waals surface area contributed by atoms with E-state index in [9.17, 15) is 9.59 Å². The van der Waals surface area contributed by atoms with Crippen LogP contribution in [0.15, 0.2) is 53.2 Å². The minimum atomic E-state index is -0.313. The fraction of sp³-hybridized carbons (Fsp3) is 0.111. The van der Waals surface area contributed by atoms with Crippen LogP contribution < -0.4 is 15.4 Å². The van der Waals surface area contributed by atoms with Gasteiger partial charge in [0.2, 0.25) is 5.78 Å². The number of amides is 2. The molecule has 2 amide bonds. The Bertz CT molecular complexity index is 872. The van der Waals surface area contributed by atoms with Crippen molar-refractivity contribution in [3.63, 3.8) is 0 Å². The first-order valence-corrected chi connectivity index (χ1v) is 9.26. The number of hydrogen-bond acceptors (Lipinski definition) is 5. The molecular formula is C18H16N2O3S2. The van der Waals surface area contributed by atoms with Gasteiger partial charge in [0.1, 0.15) is 5.75 Å². The van der Waals surface area contributed by atoms with Gasteiger partial charge in [0.25, 0.3) is 0 Å². The van der Waals surface area contributed by atoms with Crippen LogP contribution in [-0.4, -0.2) is 18.9 Å². The Morgan fingerprint density at radius 2 is 2.04 bits per heavy atom. The summed E-state index contributed by atoms with van der Waals surface area (Å²) in [5.41, 5.74) is 1.35. The molecule has 25 heavy (non-hydrogen) atoms. The number of anilines is 1. The van der Waals surface area contributed by atoms with Gasteiger partial charge >= 0.3 is 6.03 Å². The Hall–Kier alpha value is -2.64. The van der Waals surface area contributed by atoms with Crippen LogP contribution >= 0.6 is 22.7 Å². The Balaban J connectivity index is 1.55. The van der Waals surface area contributed by atoms with Gasteiger partial charge in [0.15, 0.2) is 0 Å². The molecule has 2 aromatic heterocycles. The zero-order valence-corrected chi connectivity index (χ0v) is 15.1. The van der Waals surface area contributed by atoms with Gasteiger partial charge in [-0.1, -0.05) is 6.07 Å². The molecule has 3 rings (SSSR count). The minimum absolute atomic E-state index is 0.0123. The van der Waals surface area contributed by atoms with Crippen molar-refractivity contribution in [1.82, 2.24) is 5.32 Å². The maximum absolute atomic E-state index is 12.3. The van der Waals surface area contributed by atoms with Crippen LogP contribution in [0, 0.1) is 0 Å². The summed E-state index contributed by atoms with van der Waals surface area (Å²) in [6, 6.07) is 12.3. The van der Waals surface area contributed by atoms with Gasteiger partial charge in [-0.15, -0.1) is 11.3 Å². The van der Waals surface area contributed by atoms with Crippen molar-refractivity contribution >= 4 is 40.2 Å². The monoisotopic (exact) mass is 372 g/mol. The first-order valence-electron chi connectivity index (χ1n) is 7.50. The zero-order valence-electron chi connectivity index (χ0n) is 13.4. The zero-order chi connectivity index (χ0) is 17.6. The Labute approximate surface area is 153 Å². The molecule has 0 aliphatic rings. The quantitative estimate of drug-likeness (QED) is 0.631. The molecule has 2 heterocycles. The van der Waals surface area contributed by atoms with Crippen molar-refractivity contribution in [3.8, 4) is 5.75 Å². The minimum Gasteiger partial charge on any atom is -0.497 e. The molecule has 5 nitrogen and oxygen atoms in total. The van der Waals surface area contributed by atoms with E-state index in [1.54, 1.807) is 37.4 Å². The predicted octanol–water partition coefficient (Wildman–Crippen LogP) is 4.37. The average molecular weight is 372 g/mol. The smallest absolute Gasteiger partial charge is 0.319 e. The van der Waals surface area contributed by atoms with Crippen LogP contribution in [0.1, 0.15) is 20.1 Å². The van der Waals surface area contributed by atoms with Crippen molar-refractivity contribution in [2.45, 2.75) is 6.54 Å². The van der Waals surface area contributed by atoms with Gasteiger partial charge in [0, 0.05) is 27.6 Å². The molecule has 0 aliphatic carbocycles. The summed E-state index contributed by atoms with van der Waals surface area (Å²) in [5.74, 6) is 0.686. The van der Waals surface area contributed by atoms with Gasteiger partial charge in [0.05, 0.1) is 18.5 Å². The molecule has 0 saturated carbocycles. The summed E-state index contributed by atoms with van der Waals surface area (Å²) < 4.78 is 5.12. The second-order valence-corrected chi connectivity index (χ2v) is 7.10. The SMILES string of the molecule is COc1cccc(NC(=O)NCc2ccc(C(=O)c3ccsc3)s2)c1. The summed E-state index contributed by atoms with van der Waals surface area (Å²) >= 11 is 2.88. The molecule has 7 heteroatoms. The normalized spacial score (nSPS) is 10.3. The molecule has 0 radical (unpaired) electrons. The first kappa shape index (κ1) is 17.2. The van der Waals surface area contributed by atoms with E-state index in [1.165, 1.54) is 22.7 Å².